The largest absolute Gasteiger partial charge is 0.481 e. The molecule has 9 nitrogen and oxygen atoms in total. The van der Waals surface area contributed by atoms with Crippen molar-refractivity contribution in [3.63, 3.8) is 0 Å². The molecule has 160 valence electrons. The van der Waals surface area contributed by atoms with E-state index in [1.54, 1.807) is 13.8 Å². The van der Waals surface area contributed by atoms with Crippen molar-refractivity contribution in [1.82, 2.24) is 10.6 Å². The number of nitrogens with one attached hydrogen (secondary N) is 2. The number of benzene rings is 1. The van der Waals surface area contributed by atoms with Crippen molar-refractivity contribution < 1.29 is 35.9 Å². The maximum absolute atomic E-state index is 12.8. The van der Waals surface area contributed by atoms with E-state index in [9.17, 15) is 29.4 Å². The van der Waals surface area contributed by atoms with Crippen molar-refractivity contribution in [3.05, 3.63) is 34.9 Å². The highest BCUT2D eigenvalue weighted by Crippen LogP contribution is 2.23. The van der Waals surface area contributed by atoms with Crippen molar-refractivity contribution in [3.8, 4) is 0 Å². The molecular formula is C19H25ClN2O7. The molecule has 1 rings (SSSR count). The van der Waals surface area contributed by atoms with E-state index in [4.69, 9.17) is 18.1 Å². The van der Waals surface area contributed by atoms with E-state index in [1.165, 1.54) is 31.2 Å². The third-order valence-electron chi connectivity index (χ3n) is 4.24. The Labute approximate surface area is 174 Å². The second kappa shape index (κ2) is 10.2. The first kappa shape index (κ1) is 22.6. The Hall–Kier alpha value is -2.65. The van der Waals surface area contributed by atoms with Crippen molar-refractivity contribution >= 4 is 35.4 Å². The minimum absolute atomic E-state index is 0.155. The summed E-state index contributed by atoms with van der Waals surface area (Å²) in [4.78, 5) is 47.5. The average molecular weight is 430 g/mol. The topological polar surface area (TPSA) is 153 Å². The Morgan fingerprint density at radius 2 is 1.72 bits per heavy atom. The van der Waals surface area contributed by atoms with Crippen LogP contribution in [0.1, 0.15) is 39.2 Å². The van der Waals surface area contributed by atoms with Gasteiger partial charge in [0.2, 0.25) is 5.91 Å². The lowest BCUT2D eigenvalue weighted by Gasteiger charge is -2.29. The second-order valence-corrected chi connectivity index (χ2v) is 7.47. The SMILES string of the molecule is [2H]N(C(=O)C(C)(O)c1ccc(Cl)cc1)[C@H](C(=O)N[C@@H](CCC(=O)O)C(=O)O)C(C)C. The molecule has 0 saturated carbocycles. The predicted octanol–water partition coefficient (Wildman–Crippen LogP) is 1.12. The van der Waals surface area contributed by atoms with Gasteiger partial charge in [-0.3, -0.25) is 14.4 Å². The van der Waals surface area contributed by atoms with Gasteiger partial charge in [0.1, 0.15) is 12.1 Å². The van der Waals surface area contributed by atoms with Crippen LogP contribution in [-0.4, -0.2) is 51.2 Å². The molecule has 3 atom stereocenters. The number of aliphatic carboxylic acids is 2. The van der Waals surface area contributed by atoms with Crippen LogP contribution in [0.3, 0.4) is 0 Å². The van der Waals surface area contributed by atoms with Gasteiger partial charge in [-0.25, -0.2) is 4.79 Å². The molecule has 0 aliphatic rings. The van der Waals surface area contributed by atoms with Crippen LogP contribution in [0.25, 0.3) is 0 Å². The number of aliphatic hydroxyl groups is 1. The van der Waals surface area contributed by atoms with E-state index in [0.717, 1.165) is 0 Å². The first-order chi connectivity index (χ1) is 13.8. The van der Waals surface area contributed by atoms with E-state index in [-0.39, 0.29) is 12.0 Å². The Bertz CT molecular complexity index is 799. The van der Waals surface area contributed by atoms with Crippen molar-refractivity contribution in [2.75, 3.05) is 0 Å². The Morgan fingerprint density at radius 1 is 1.17 bits per heavy atom. The molecule has 10 heteroatoms. The summed E-state index contributed by atoms with van der Waals surface area (Å²) in [5.41, 5.74) is -1.99. The molecule has 0 spiro atoms. The summed E-state index contributed by atoms with van der Waals surface area (Å²) in [5.74, 6) is -5.33. The van der Waals surface area contributed by atoms with Crippen LogP contribution >= 0.6 is 11.6 Å². The fraction of sp³-hybridized carbons (Fsp3) is 0.474. The summed E-state index contributed by atoms with van der Waals surface area (Å²) < 4.78 is 8.16. The highest BCUT2D eigenvalue weighted by Gasteiger charge is 2.37. The van der Waals surface area contributed by atoms with Gasteiger partial charge in [-0.2, -0.15) is 0 Å². The molecule has 0 radical (unpaired) electrons. The summed E-state index contributed by atoms with van der Waals surface area (Å²) in [6.45, 7) is 4.26. The first-order valence-electron chi connectivity index (χ1n) is 9.29. The lowest BCUT2D eigenvalue weighted by Crippen LogP contribution is -2.56. The number of carbonyl (C=O) groups excluding carboxylic acids is 2. The molecule has 0 aliphatic heterocycles. The maximum atomic E-state index is 12.8. The van der Waals surface area contributed by atoms with E-state index >= 15 is 0 Å². The van der Waals surface area contributed by atoms with Crippen LogP contribution in [0.15, 0.2) is 24.3 Å². The minimum Gasteiger partial charge on any atom is -0.481 e. The average Bonchev–Trinajstić information content (AvgIpc) is 2.64. The van der Waals surface area contributed by atoms with Gasteiger partial charge in [-0.15, -0.1) is 0 Å². The number of carboxylic acids is 2. The standard InChI is InChI=1S/C19H25ClN2O7/c1-10(2)15(16(25)21-13(17(26)27)8-9-14(23)24)22-18(28)19(3,29)11-4-6-12(20)7-5-11/h4-7,10,13,15,29H,8-9H2,1-3H3,(H,21,25)(H,22,28)(H,23,24)(H,26,27)/t13-,15-,19?/m0/s1/i/hD. The zero-order chi connectivity index (χ0) is 23.2. The third kappa shape index (κ3) is 7.03. The summed E-state index contributed by atoms with van der Waals surface area (Å²) >= 11 is 5.80. The monoisotopic (exact) mass is 429 g/mol. The molecule has 1 unspecified atom stereocenters. The summed E-state index contributed by atoms with van der Waals surface area (Å²) in [5, 5.41) is 31.5. The van der Waals surface area contributed by atoms with Crippen molar-refractivity contribution in [2.45, 2.75) is 51.3 Å². The van der Waals surface area contributed by atoms with E-state index < -0.39 is 53.8 Å². The number of halogens is 1. The molecule has 1 aromatic rings. The van der Waals surface area contributed by atoms with Crippen LogP contribution in [0, 0.1) is 5.92 Å². The van der Waals surface area contributed by atoms with E-state index in [0.29, 0.717) is 10.3 Å². The smallest absolute Gasteiger partial charge is 0.326 e. The van der Waals surface area contributed by atoms with Crippen LogP contribution < -0.4 is 10.6 Å². The Morgan fingerprint density at radius 3 is 2.17 bits per heavy atom. The summed E-state index contributed by atoms with van der Waals surface area (Å²) in [6, 6.07) is 2.80. The van der Waals surface area contributed by atoms with Crippen LogP contribution in [0.4, 0.5) is 0 Å². The fourth-order valence-corrected chi connectivity index (χ4v) is 2.57. The van der Waals surface area contributed by atoms with Gasteiger partial charge in [0.25, 0.3) is 5.91 Å². The fourth-order valence-electron chi connectivity index (χ4n) is 2.44. The van der Waals surface area contributed by atoms with Gasteiger partial charge in [-0.1, -0.05) is 37.6 Å². The van der Waals surface area contributed by atoms with Gasteiger partial charge in [0, 0.05) is 11.4 Å². The van der Waals surface area contributed by atoms with E-state index in [2.05, 4.69) is 5.32 Å². The quantitative estimate of drug-likeness (QED) is 0.373. The third-order valence-corrected chi connectivity index (χ3v) is 4.49. The van der Waals surface area contributed by atoms with Crippen molar-refractivity contribution in [1.29, 1.82) is 0 Å². The zero-order valence-corrected chi connectivity index (χ0v) is 17.0. The molecule has 0 saturated heterocycles. The second-order valence-electron chi connectivity index (χ2n) is 7.03. The lowest BCUT2D eigenvalue weighted by molar-refractivity contribution is -0.145. The molecule has 0 fully saturated rings. The molecule has 29 heavy (non-hydrogen) atoms. The van der Waals surface area contributed by atoms with Crippen LogP contribution in [-0.2, 0) is 24.8 Å². The highest BCUT2D eigenvalue weighted by atomic mass is 35.5. The molecule has 0 bridgehead atoms. The number of hydrogen-bond acceptors (Lipinski definition) is 5. The Balaban J connectivity index is 3.07. The highest BCUT2D eigenvalue weighted by molar-refractivity contribution is 6.30. The van der Waals surface area contributed by atoms with Gasteiger partial charge in [-0.05, 0) is 37.0 Å². The van der Waals surface area contributed by atoms with Gasteiger partial charge < -0.3 is 25.9 Å². The number of hydrogen-bond donors (Lipinski definition) is 5. The normalized spacial score (nSPS) is 15.6. The van der Waals surface area contributed by atoms with Crippen LogP contribution in [0.2, 0.25) is 6.43 Å². The number of carboxylic acid groups (broad SMARTS) is 2. The zero-order valence-electron chi connectivity index (χ0n) is 17.3. The maximum Gasteiger partial charge on any atom is 0.326 e. The van der Waals surface area contributed by atoms with Crippen LogP contribution in [0.5, 0.6) is 0 Å². The number of rotatable bonds is 10. The molecule has 0 aliphatic carbocycles. The summed E-state index contributed by atoms with van der Waals surface area (Å²) in [6.07, 6.45) is -0.853. The minimum atomic E-state index is -2.14. The predicted molar refractivity (Wildman–Crippen MR) is 104 cm³/mol. The van der Waals surface area contributed by atoms with E-state index in [1.807, 2.05) is 0 Å². The lowest BCUT2D eigenvalue weighted by atomic mass is 9.93. The molecule has 0 aromatic heterocycles. The molecular weight excluding hydrogens is 404 g/mol. The molecule has 5 N–H and O–H groups in total. The first-order valence-corrected chi connectivity index (χ1v) is 9.22. The molecule has 2 amide bonds. The number of carbonyl (C=O) groups is 4. The Kier molecular flexibility index (Phi) is 7.98. The van der Waals surface area contributed by atoms with Gasteiger partial charge in [0.05, 0.1) is 0 Å². The van der Waals surface area contributed by atoms with Gasteiger partial charge >= 0.3 is 11.9 Å². The van der Waals surface area contributed by atoms with Gasteiger partial charge in [0.15, 0.2) is 7.01 Å². The molecule has 0 heterocycles. The van der Waals surface area contributed by atoms with Crippen molar-refractivity contribution in [2.24, 2.45) is 5.92 Å². The summed E-state index contributed by atoms with van der Waals surface area (Å²) in [7, 11) is 0. The number of amides is 2. The molecule has 1 aromatic carbocycles.